The van der Waals surface area contributed by atoms with E-state index in [2.05, 4.69) is 10.6 Å². The smallest absolute Gasteiger partial charge is 0.416 e. The highest BCUT2D eigenvalue weighted by molar-refractivity contribution is 5.92. The topological polar surface area (TPSA) is 85.9 Å². The second-order valence-corrected chi connectivity index (χ2v) is 6.08. The number of nitrogens with one attached hydrogen (secondary N) is 2. The Morgan fingerprint density at radius 3 is 2.55 bits per heavy atom. The molecule has 0 spiro atoms. The van der Waals surface area contributed by atoms with Crippen molar-refractivity contribution in [3.63, 3.8) is 0 Å². The molecule has 2 amide bonds. The maximum absolute atomic E-state index is 12.7. The summed E-state index contributed by atoms with van der Waals surface area (Å²) in [6, 6.07) is 9.47. The number of hydrogen-bond donors (Lipinski definition) is 2. The molecule has 0 aliphatic carbocycles. The summed E-state index contributed by atoms with van der Waals surface area (Å²) in [5, 5.41) is 4.91. The Bertz CT molecular complexity index is 902. The van der Waals surface area contributed by atoms with E-state index in [-0.39, 0.29) is 25.6 Å². The fourth-order valence-corrected chi connectivity index (χ4v) is 2.51. The quantitative estimate of drug-likeness (QED) is 0.733. The number of halogens is 3. The van der Waals surface area contributed by atoms with Gasteiger partial charge in [0.05, 0.1) is 5.56 Å². The zero-order valence-corrected chi connectivity index (χ0v) is 15.0. The van der Waals surface area contributed by atoms with Gasteiger partial charge in [-0.3, -0.25) is 9.59 Å². The molecule has 29 heavy (non-hydrogen) atoms. The van der Waals surface area contributed by atoms with Crippen LogP contribution in [0.15, 0.2) is 42.5 Å². The molecule has 0 aromatic heterocycles. The van der Waals surface area contributed by atoms with Crippen LogP contribution in [-0.2, 0) is 27.0 Å². The van der Waals surface area contributed by atoms with Gasteiger partial charge in [-0.25, -0.2) is 0 Å². The van der Waals surface area contributed by atoms with E-state index in [1.807, 2.05) is 0 Å². The third-order valence-electron chi connectivity index (χ3n) is 3.87. The highest BCUT2D eigenvalue weighted by Crippen LogP contribution is 2.32. The van der Waals surface area contributed by atoms with Crippen molar-refractivity contribution in [2.45, 2.75) is 12.7 Å². The number of hydrogen-bond acceptors (Lipinski definition) is 5. The van der Waals surface area contributed by atoms with E-state index in [4.69, 9.17) is 14.2 Å². The molecule has 154 valence electrons. The van der Waals surface area contributed by atoms with Gasteiger partial charge in [-0.1, -0.05) is 12.1 Å². The molecule has 3 rings (SSSR count). The lowest BCUT2D eigenvalue weighted by atomic mass is 10.2. The molecular formula is C19H17F3N2O5. The monoisotopic (exact) mass is 410 g/mol. The maximum Gasteiger partial charge on any atom is 0.416 e. The van der Waals surface area contributed by atoms with Gasteiger partial charge < -0.3 is 24.8 Å². The highest BCUT2D eigenvalue weighted by Gasteiger charge is 2.30. The second kappa shape index (κ2) is 8.82. The summed E-state index contributed by atoms with van der Waals surface area (Å²) in [5.74, 6) is 0.108. The van der Waals surface area contributed by atoms with Gasteiger partial charge in [0.2, 0.25) is 18.6 Å². The molecular weight excluding hydrogens is 393 g/mol. The van der Waals surface area contributed by atoms with Crippen molar-refractivity contribution < 1.29 is 37.0 Å². The zero-order chi connectivity index (χ0) is 20.9. The summed E-state index contributed by atoms with van der Waals surface area (Å²) >= 11 is 0. The van der Waals surface area contributed by atoms with Gasteiger partial charge in [0.25, 0.3) is 0 Å². The molecule has 0 saturated carbocycles. The van der Waals surface area contributed by atoms with Gasteiger partial charge in [0, 0.05) is 12.2 Å². The molecule has 2 aromatic rings. The minimum absolute atomic E-state index is 0.0133. The average molecular weight is 410 g/mol. The number of benzene rings is 2. The van der Waals surface area contributed by atoms with E-state index in [9.17, 15) is 22.8 Å². The lowest BCUT2D eigenvalue weighted by Crippen LogP contribution is -2.29. The van der Waals surface area contributed by atoms with Crippen molar-refractivity contribution in [3.8, 4) is 11.5 Å². The highest BCUT2D eigenvalue weighted by atomic mass is 19.4. The molecule has 0 bridgehead atoms. The van der Waals surface area contributed by atoms with E-state index < -0.39 is 30.2 Å². The van der Waals surface area contributed by atoms with Gasteiger partial charge in [0.1, 0.15) is 13.2 Å². The number of carbonyl (C=O) groups is 2. The predicted octanol–water partition coefficient (Wildman–Crippen LogP) is 2.71. The van der Waals surface area contributed by atoms with Crippen LogP contribution >= 0.6 is 0 Å². The molecule has 2 aromatic carbocycles. The van der Waals surface area contributed by atoms with Crippen molar-refractivity contribution in [3.05, 3.63) is 53.6 Å². The van der Waals surface area contributed by atoms with Crippen LogP contribution in [0, 0.1) is 0 Å². The van der Waals surface area contributed by atoms with Crippen LogP contribution in [-0.4, -0.2) is 31.8 Å². The Balaban J connectivity index is 1.38. The summed E-state index contributed by atoms with van der Waals surface area (Å²) in [6.07, 6.45) is -4.51. The van der Waals surface area contributed by atoms with Crippen LogP contribution in [0.1, 0.15) is 11.1 Å². The van der Waals surface area contributed by atoms with Crippen molar-refractivity contribution in [1.82, 2.24) is 5.32 Å². The van der Waals surface area contributed by atoms with Gasteiger partial charge in [-0.2, -0.15) is 13.2 Å². The molecule has 0 unspecified atom stereocenters. The number of anilines is 1. The Hall–Kier alpha value is -3.27. The van der Waals surface area contributed by atoms with E-state index in [0.29, 0.717) is 11.5 Å². The molecule has 1 aliphatic rings. The molecule has 1 aliphatic heterocycles. The Morgan fingerprint density at radius 2 is 1.76 bits per heavy atom. The SMILES string of the molecule is O=C(COCC(=O)Nc1cccc(C(F)(F)F)c1)NCc1ccc2c(c1)OCO2. The Labute approximate surface area is 163 Å². The van der Waals surface area contributed by atoms with Crippen LogP contribution in [0.5, 0.6) is 11.5 Å². The lowest BCUT2D eigenvalue weighted by Gasteiger charge is -2.10. The lowest BCUT2D eigenvalue weighted by molar-refractivity contribution is -0.137. The number of rotatable bonds is 7. The van der Waals surface area contributed by atoms with Crippen LogP contribution in [0.25, 0.3) is 0 Å². The summed E-state index contributed by atoms with van der Waals surface area (Å²) in [4.78, 5) is 23.6. The van der Waals surface area contributed by atoms with E-state index in [0.717, 1.165) is 17.7 Å². The van der Waals surface area contributed by atoms with Crippen LogP contribution in [0.2, 0.25) is 0 Å². The van der Waals surface area contributed by atoms with Crippen LogP contribution < -0.4 is 20.1 Å². The number of fused-ring (bicyclic) bond motifs is 1. The largest absolute Gasteiger partial charge is 0.454 e. The normalized spacial score (nSPS) is 12.5. The van der Waals surface area contributed by atoms with Crippen LogP contribution in [0.4, 0.5) is 18.9 Å². The van der Waals surface area contributed by atoms with E-state index >= 15 is 0 Å². The molecule has 0 atom stereocenters. The summed E-state index contributed by atoms with van der Waals surface area (Å²) < 4.78 is 53.4. The maximum atomic E-state index is 12.7. The first-order valence-corrected chi connectivity index (χ1v) is 8.51. The molecule has 10 heteroatoms. The number of amides is 2. The number of ether oxygens (including phenoxy) is 3. The number of alkyl halides is 3. The molecule has 0 radical (unpaired) electrons. The minimum atomic E-state index is -4.51. The fraction of sp³-hybridized carbons (Fsp3) is 0.263. The first-order chi connectivity index (χ1) is 13.8. The molecule has 0 saturated heterocycles. The van der Waals surface area contributed by atoms with Gasteiger partial charge in [-0.15, -0.1) is 0 Å². The first-order valence-electron chi connectivity index (χ1n) is 8.51. The standard InChI is InChI=1S/C19H17F3N2O5/c20-19(21,22)13-2-1-3-14(7-13)24-18(26)10-27-9-17(25)23-8-12-4-5-15-16(6-12)29-11-28-15/h1-7H,8-11H2,(H,23,25)(H,24,26). The van der Waals surface area contributed by atoms with Crippen molar-refractivity contribution >= 4 is 17.5 Å². The van der Waals surface area contributed by atoms with E-state index in [1.165, 1.54) is 12.1 Å². The predicted molar refractivity (Wildman–Crippen MR) is 95.3 cm³/mol. The van der Waals surface area contributed by atoms with Gasteiger partial charge in [-0.05, 0) is 35.9 Å². The third kappa shape index (κ3) is 5.85. The van der Waals surface area contributed by atoms with Crippen LogP contribution in [0.3, 0.4) is 0 Å². The van der Waals surface area contributed by atoms with Gasteiger partial charge in [0.15, 0.2) is 11.5 Å². The second-order valence-electron chi connectivity index (χ2n) is 6.08. The van der Waals surface area contributed by atoms with E-state index in [1.54, 1.807) is 18.2 Å². The minimum Gasteiger partial charge on any atom is -0.454 e. The molecule has 7 nitrogen and oxygen atoms in total. The first kappa shape index (κ1) is 20.5. The summed E-state index contributed by atoms with van der Waals surface area (Å²) in [7, 11) is 0. The Kier molecular flexibility index (Phi) is 6.23. The van der Waals surface area contributed by atoms with Gasteiger partial charge >= 0.3 is 6.18 Å². The zero-order valence-electron chi connectivity index (χ0n) is 15.0. The fourth-order valence-electron chi connectivity index (χ4n) is 2.51. The average Bonchev–Trinajstić information content (AvgIpc) is 3.13. The molecule has 0 fully saturated rings. The van der Waals surface area contributed by atoms with Crippen molar-refractivity contribution in [2.75, 3.05) is 25.3 Å². The molecule has 1 heterocycles. The number of carbonyl (C=O) groups excluding carboxylic acids is 2. The van der Waals surface area contributed by atoms with Crippen molar-refractivity contribution in [1.29, 1.82) is 0 Å². The third-order valence-corrected chi connectivity index (χ3v) is 3.87. The van der Waals surface area contributed by atoms with Crippen molar-refractivity contribution in [2.24, 2.45) is 0 Å². The molecule has 2 N–H and O–H groups in total. The summed E-state index contributed by atoms with van der Waals surface area (Å²) in [6.45, 7) is -0.467. The summed E-state index contributed by atoms with van der Waals surface area (Å²) in [5.41, 5.74) is -0.0929. The Morgan fingerprint density at radius 1 is 1.00 bits per heavy atom.